The first-order valence-corrected chi connectivity index (χ1v) is 6.89. The van der Waals surface area contributed by atoms with E-state index in [1.54, 1.807) is 0 Å². The smallest absolute Gasteiger partial charge is 0.0991 e. The molecule has 0 fully saturated rings. The first kappa shape index (κ1) is 14.3. The standard InChI is InChI=1S/C16H20N4/c1-4-16-15(11-20(3)19-16)10-18-12(2)14-7-5-6-13(8-14)9-17/h5-8,11-12,18H,4,10H2,1-3H3. The van der Waals surface area contributed by atoms with Gasteiger partial charge in [-0.05, 0) is 31.0 Å². The Labute approximate surface area is 120 Å². The Kier molecular flexibility index (Phi) is 4.54. The summed E-state index contributed by atoms with van der Waals surface area (Å²) in [5, 5.41) is 16.9. The summed E-state index contributed by atoms with van der Waals surface area (Å²) in [6.45, 7) is 5.01. The highest BCUT2D eigenvalue weighted by Crippen LogP contribution is 2.15. The number of rotatable bonds is 5. The number of nitrogens with zero attached hydrogens (tertiary/aromatic N) is 3. The van der Waals surface area contributed by atoms with E-state index in [1.165, 1.54) is 5.56 Å². The maximum Gasteiger partial charge on any atom is 0.0991 e. The zero-order valence-electron chi connectivity index (χ0n) is 12.2. The van der Waals surface area contributed by atoms with Crippen LogP contribution < -0.4 is 5.32 Å². The predicted molar refractivity (Wildman–Crippen MR) is 79.0 cm³/mol. The molecule has 20 heavy (non-hydrogen) atoms. The van der Waals surface area contributed by atoms with Crippen LogP contribution in [0.2, 0.25) is 0 Å². The molecule has 1 aromatic carbocycles. The summed E-state index contributed by atoms with van der Waals surface area (Å²) < 4.78 is 1.86. The van der Waals surface area contributed by atoms with Crippen molar-refractivity contribution in [2.24, 2.45) is 7.05 Å². The Bertz CT molecular complexity index is 622. The van der Waals surface area contributed by atoms with Crippen LogP contribution in [0.25, 0.3) is 0 Å². The number of nitriles is 1. The highest BCUT2D eigenvalue weighted by Gasteiger charge is 2.09. The molecule has 0 saturated heterocycles. The molecule has 2 aromatic rings. The quantitative estimate of drug-likeness (QED) is 0.907. The fourth-order valence-corrected chi connectivity index (χ4v) is 2.29. The van der Waals surface area contributed by atoms with Crippen LogP contribution in [0.15, 0.2) is 30.5 Å². The number of aromatic nitrogens is 2. The van der Waals surface area contributed by atoms with Crippen LogP contribution in [0, 0.1) is 11.3 Å². The molecule has 1 unspecified atom stereocenters. The summed E-state index contributed by atoms with van der Waals surface area (Å²) in [4.78, 5) is 0. The number of aryl methyl sites for hydroxylation is 2. The highest BCUT2D eigenvalue weighted by molar-refractivity contribution is 5.34. The maximum absolute atomic E-state index is 8.94. The molecule has 1 heterocycles. The molecule has 0 aliphatic rings. The lowest BCUT2D eigenvalue weighted by molar-refractivity contribution is 0.572. The van der Waals surface area contributed by atoms with Gasteiger partial charge < -0.3 is 5.32 Å². The molecule has 0 amide bonds. The van der Waals surface area contributed by atoms with Crippen molar-refractivity contribution in [1.29, 1.82) is 5.26 Å². The predicted octanol–water partition coefficient (Wildman–Crippen LogP) is 2.70. The summed E-state index contributed by atoms with van der Waals surface area (Å²) >= 11 is 0. The second-order valence-corrected chi connectivity index (χ2v) is 4.97. The first-order chi connectivity index (χ1) is 9.63. The van der Waals surface area contributed by atoms with Gasteiger partial charge in [0, 0.05) is 31.4 Å². The van der Waals surface area contributed by atoms with E-state index in [0.29, 0.717) is 5.56 Å². The molecule has 0 bridgehead atoms. The Hall–Kier alpha value is -2.12. The van der Waals surface area contributed by atoms with E-state index < -0.39 is 0 Å². The van der Waals surface area contributed by atoms with Gasteiger partial charge in [0.15, 0.2) is 0 Å². The SMILES string of the molecule is CCc1nn(C)cc1CNC(C)c1cccc(C#N)c1. The second kappa shape index (κ2) is 6.36. The van der Waals surface area contributed by atoms with Crippen molar-refractivity contribution in [3.8, 4) is 6.07 Å². The van der Waals surface area contributed by atoms with Gasteiger partial charge in [0.25, 0.3) is 0 Å². The van der Waals surface area contributed by atoms with Gasteiger partial charge in [-0.3, -0.25) is 4.68 Å². The fraction of sp³-hybridized carbons (Fsp3) is 0.375. The van der Waals surface area contributed by atoms with Crippen LogP contribution in [0.3, 0.4) is 0 Å². The van der Waals surface area contributed by atoms with Gasteiger partial charge in [0.2, 0.25) is 0 Å². The molecule has 4 nitrogen and oxygen atoms in total. The van der Waals surface area contributed by atoms with Crippen molar-refractivity contribution in [2.75, 3.05) is 0 Å². The molecule has 0 aliphatic heterocycles. The van der Waals surface area contributed by atoms with Gasteiger partial charge >= 0.3 is 0 Å². The second-order valence-electron chi connectivity index (χ2n) is 4.97. The monoisotopic (exact) mass is 268 g/mol. The third-order valence-corrected chi connectivity index (χ3v) is 3.44. The van der Waals surface area contributed by atoms with Gasteiger partial charge in [0.1, 0.15) is 0 Å². The van der Waals surface area contributed by atoms with Gasteiger partial charge in [-0.2, -0.15) is 10.4 Å². The van der Waals surface area contributed by atoms with Crippen LogP contribution in [0.1, 0.15) is 42.3 Å². The van der Waals surface area contributed by atoms with E-state index in [-0.39, 0.29) is 6.04 Å². The third-order valence-electron chi connectivity index (χ3n) is 3.44. The topological polar surface area (TPSA) is 53.6 Å². The first-order valence-electron chi connectivity index (χ1n) is 6.89. The molecule has 104 valence electrons. The Morgan fingerprint density at radius 1 is 1.45 bits per heavy atom. The van der Waals surface area contributed by atoms with E-state index in [9.17, 15) is 0 Å². The minimum Gasteiger partial charge on any atom is -0.306 e. The average Bonchev–Trinajstić information content (AvgIpc) is 2.85. The molecule has 2 rings (SSSR count). The lowest BCUT2D eigenvalue weighted by atomic mass is 10.1. The summed E-state index contributed by atoms with van der Waals surface area (Å²) in [7, 11) is 1.95. The summed E-state index contributed by atoms with van der Waals surface area (Å²) in [6.07, 6.45) is 3.00. The zero-order chi connectivity index (χ0) is 14.5. The molecule has 1 atom stereocenters. The number of hydrogen-bond acceptors (Lipinski definition) is 3. The fourth-order valence-electron chi connectivity index (χ4n) is 2.29. The van der Waals surface area contributed by atoms with Gasteiger partial charge in [-0.15, -0.1) is 0 Å². The molecular formula is C16H20N4. The molecule has 1 aromatic heterocycles. The molecule has 0 aliphatic carbocycles. The Morgan fingerprint density at radius 2 is 2.25 bits per heavy atom. The summed E-state index contributed by atoms with van der Waals surface area (Å²) in [6, 6.07) is 10.1. The number of hydrogen-bond donors (Lipinski definition) is 1. The van der Waals surface area contributed by atoms with Crippen molar-refractivity contribution in [3.05, 3.63) is 52.8 Å². The van der Waals surface area contributed by atoms with Crippen LogP contribution in [-0.2, 0) is 20.0 Å². The zero-order valence-corrected chi connectivity index (χ0v) is 12.2. The van der Waals surface area contributed by atoms with Gasteiger partial charge in [-0.25, -0.2) is 0 Å². The van der Waals surface area contributed by atoms with Crippen LogP contribution in [0.5, 0.6) is 0 Å². The maximum atomic E-state index is 8.94. The average molecular weight is 268 g/mol. The van der Waals surface area contributed by atoms with E-state index in [2.05, 4.69) is 36.5 Å². The molecule has 4 heteroatoms. The van der Waals surface area contributed by atoms with Crippen molar-refractivity contribution >= 4 is 0 Å². The highest BCUT2D eigenvalue weighted by atomic mass is 15.3. The van der Waals surface area contributed by atoms with Crippen LogP contribution in [0.4, 0.5) is 0 Å². The van der Waals surface area contributed by atoms with Crippen molar-refractivity contribution in [1.82, 2.24) is 15.1 Å². The Morgan fingerprint density at radius 3 is 2.95 bits per heavy atom. The molecular weight excluding hydrogens is 248 g/mol. The van der Waals surface area contributed by atoms with Gasteiger partial charge in [-0.1, -0.05) is 19.1 Å². The minimum absolute atomic E-state index is 0.202. The lowest BCUT2D eigenvalue weighted by Crippen LogP contribution is -2.18. The molecule has 0 radical (unpaired) electrons. The Balaban J connectivity index is 2.04. The van der Waals surface area contributed by atoms with E-state index in [1.807, 2.05) is 36.0 Å². The van der Waals surface area contributed by atoms with E-state index in [4.69, 9.17) is 5.26 Å². The molecule has 1 N–H and O–H groups in total. The van der Waals surface area contributed by atoms with E-state index >= 15 is 0 Å². The van der Waals surface area contributed by atoms with Crippen molar-refractivity contribution in [2.45, 2.75) is 32.9 Å². The number of benzene rings is 1. The molecule has 0 spiro atoms. The van der Waals surface area contributed by atoms with Crippen molar-refractivity contribution < 1.29 is 0 Å². The third kappa shape index (κ3) is 3.25. The largest absolute Gasteiger partial charge is 0.306 e. The van der Waals surface area contributed by atoms with E-state index in [0.717, 1.165) is 24.2 Å². The van der Waals surface area contributed by atoms with Crippen LogP contribution >= 0.6 is 0 Å². The lowest BCUT2D eigenvalue weighted by Gasteiger charge is -2.14. The van der Waals surface area contributed by atoms with Crippen molar-refractivity contribution in [3.63, 3.8) is 0 Å². The normalized spacial score (nSPS) is 12.1. The molecule has 0 saturated carbocycles. The minimum atomic E-state index is 0.202. The summed E-state index contributed by atoms with van der Waals surface area (Å²) in [5.74, 6) is 0. The number of nitrogens with one attached hydrogen (secondary N) is 1. The van der Waals surface area contributed by atoms with Gasteiger partial charge in [0.05, 0.1) is 17.3 Å². The van der Waals surface area contributed by atoms with Crippen LogP contribution in [-0.4, -0.2) is 9.78 Å². The summed E-state index contributed by atoms with van der Waals surface area (Å²) in [5.41, 5.74) is 4.20.